The topological polar surface area (TPSA) is 83.1 Å². The highest BCUT2D eigenvalue weighted by Crippen LogP contribution is 2.11. The van der Waals surface area contributed by atoms with E-state index in [4.69, 9.17) is 11.6 Å². The number of rotatable bonds is 7. The fourth-order valence-electron chi connectivity index (χ4n) is 1.98. The van der Waals surface area contributed by atoms with Gasteiger partial charge in [-0.1, -0.05) is 23.7 Å². The molecule has 2 rings (SSSR count). The lowest BCUT2D eigenvalue weighted by Crippen LogP contribution is -2.34. The van der Waals surface area contributed by atoms with Crippen molar-refractivity contribution in [3.8, 4) is 0 Å². The van der Waals surface area contributed by atoms with Crippen molar-refractivity contribution in [3.05, 3.63) is 50.9 Å². The van der Waals surface area contributed by atoms with Gasteiger partial charge in [-0.05, 0) is 31.0 Å². The first-order valence-electron chi connectivity index (χ1n) is 7.57. The summed E-state index contributed by atoms with van der Waals surface area (Å²) < 4.78 is 0. The Morgan fingerprint density at radius 1 is 1.25 bits per heavy atom. The molecule has 0 radical (unpaired) electrons. The van der Waals surface area contributed by atoms with Crippen LogP contribution in [0.15, 0.2) is 29.6 Å². The van der Waals surface area contributed by atoms with Gasteiger partial charge in [-0.2, -0.15) is 0 Å². The van der Waals surface area contributed by atoms with E-state index in [0.717, 1.165) is 5.56 Å². The fourth-order valence-corrected chi connectivity index (χ4v) is 2.91. The highest BCUT2D eigenvalue weighted by molar-refractivity contribution is 7.09. The van der Waals surface area contributed by atoms with Crippen LogP contribution in [-0.2, 0) is 13.0 Å². The third kappa shape index (κ3) is 5.82. The smallest absolute Gasteiger partial charge is 0.315 e. The van der Waals surface area contributed by atoms with E-state index in [0.29, 0.717) is 41.8 Å². The largest absolute Gasteiger partial charge is 0.350 e. The Morgan fingerprint density at radius 2 is 2.08 bits per heavy atom. The van der Waals surface area contributed by atoms with E-state index in [1.807, 2.05) is 31.2 Å². The molecular weight excluding hydrogens is 348 g/mol. The first-order chi connectivity index (χ1) is 11.6. The van der Waals surface area contributed by atoms with Crippen LogP contribution in [0.2, 0.25) is 5.02 Å². The molecule has 24 heavy (non-hydrogen) atoms. The summed E-state index contributed by atoms with van der Waals surface area (Å²) in [6.07, 6.45) is 0.696. The van der Waals surface area contributed by atoms with Crippen LogP contribution in [0.3, 0.4) is 0 Å². The number of urea groups is 1. The summed E-state index contributed by atoms with van der Waals surface area (Å²) in [5.41, 5.74) is 1.42. The zero-order valence-corrected chi connectivity index (χ0v) is 14.8. The number of benzene rings is 1. The number of aromatic nitrogens is 1. The highest BCUT2D eigenvalue weighted by Gasteiger charge is 2.11. The van der Waals surface area contributed by atoms with Gasteiger partial charge in [0.15, 0.2) is 0 Å². The number of carbonyl (C=O) groups excluding carboxylic acids is 2. The molecule has 8 heteroatoms. The van der Waals surface area contributed by atoms with Gasteiger partial charge in [-0.3, -0.25) is 4.79 Å². The number of nitrogens with zero attached hydrogens (tertiary/aromatic N) is 1. The van der Waals surface area contributed by atoms with Gasteiger partial charge in [0.05, 0.1) is 6.54 Å². The van der Waals surface area contributed by atoms with Gasteiger partial charge in [0.25, 0.3) is 5.91 Å². The van der Waals surface area contributed by atoms with E-state index >= 15 is 0 Å². The minimum absolute atomic E-state index is 0.225. The minimum Gasteiger partial charge on any atom is -0.350 e. The molecule has 2 aromatic rings. The summed E-state index contributed by atoms with van der Waals surface area (Å²) >= 11 is 7.26. The number of hydrogen-bond donors (Lipinski definition) is 3. The van der Waals surface area contributed by atoms with Gasteiger partial charge in [0.2, 0.25) is 0 Å². The van der Waals surface area contributed by atoms with Crippen molar-refractivity contribution < 1.29 is 9.59 Å². The number of carbonyl (C=O) groups is 2. The van der Waals surface area contributed by atoms with Gasteiger partial charge in [0, 0.05) is 23.5 Å². The van der Waals surface area contributed by atoms with E-state index in [9.17, 15) is 9.59 Å². The lowest BCUT2D eigenvalue weighted by Gasteiger charge is -2.04. The first-order valence-corrected chi connectivity index (χ1v) is 8.83. The molecule has 0 spiro atoms. The van der Waals surface area contributed by atoms with Gasteiger partial charge in [-0.15, -0.1) is 11.3 Å². The first kappa shape index (κ1) is 18.2. The standard InChI is InChI=1S/C16H19ClN4O2S/c1-2-18-16(23)20-9-14-21-13(10-24-14)15(22)19-7-6-11-4-3-5-12(17)8-11/h3-5,8,10H,2,6-7,9H2,1H3,(H,19,22)(H2,18,20,23). The molecule has 0 fully saturated rings. The van der Waals surface area contributed by atoms with E-state index in [1.54, 1.807) is 5.38 Å². The number of halogens is 1. The van der Waals surface area contributed by atoms with Crippen LogP contribution in [0.25, 0.3) is 0 Å². The molecule has 3 amide bonds. The Bertz CT molecular complexity index is 705. The zero-order chi connectivity index (χ0) is 17.4. The number of nitrogens with one attached hydrogen (secondary N) is 3. The summed E-state index contributed by atoms with van der Waals surface area (Å²) in [6, 6.07) is 7.29. The molecule has 0 atom stereocenters. The van der Waals surface area contributed by atoms with Crippen LogP contribution in [0.5, 0.6) is 0 Å². The lowest BCUT2D eigenvalue weighted by molar-refractivity contribution is 0.0949. The zero-order valence-electron chi connectivity index (χ0n) is 13.3. The molecule has 0 saturated heterocycles. The van der Waals surface area contributed by atoms with Crippen molar-refractivity contribution in [3.63, 3.8) is 0 Å². The summed E-state index contributed by atoms with van der Waals surface area (Å²) in [6.45, 7) is 3.20. The van der Waals surface area contributed by atoms with Crippen molar-refractivity contribution in [2.45, 2.75) is 19.9 Å². The van der Waals surface area contributed by atoms with Gasteiger partial charge in [0.1, 0.15) is 10.7 Å². The second-order valence-electron chi connectivity index (χ2n) is 4.98. The molecular formula is C16H19ClN4O2S. The molecule has 0 unspecified atom stereocenters. The molecule has 0 aliphatic carbocycles. The van der Waals surface area contributed by atoms with E-state index < -0.39 is 0 Å². The predicted octanol–water partition coefficient (Wildman–Crippen LogP) is 2.59. The van der Waals surface area contributed by atoms with Gasteiger partial charge >= 0.3 is 6.03 Å². The van der Waals surface area contributed by atoms with Crippen LogP contribution in [0.1, 0.15) is 28.0 Å². The molecule has 0 aliphatic rings. The van der Waals surface area contributed by atoms with Crippen molar-refractivity contribution >= 4 is 34.9 Å². The normalized spacial score (nSPS) is 10.2. The number of thiazole rings is 1. The molecule has 1 heterocycles. The minimum atomic E-state index is -0.250. The summed E-state index contributed by atoms with van der Waals surface area (Å²) in [4.78, 5) is 27.6. The number of amides is 3. The van der Waals surface area contributed by atoms with Crippen LogP contribution in [-0.4, -0.2) is 30.0 Å². The maximum Gasteiger partial charge on any atom is 0.315 e. The second kappa shape index (κ2) is 9.24. The van der Waals surface area contributed by atoms with Crippen molar-refractivity contribution in [1.29, 1.82) is 0 Å². The molecule has 0 saturated carbocycles. The van der Waals surface area contributed by atoms with E-state index in [2.05, 4.69) is 20.9 Å². The summed E-state index contributed by atoms with van der Waals surface area (Å²) in [7, 11) is 0. The maximum absolute atomic E-state index is 12.1. The Labute approximate surface area is 149 Å². The van der Waals surface area contributed by atoms with Crippen LogP contribution in [0, 0.1) is 0 Å². The highest BCUT2D eigenvalue weighted by atomic mass is 35.5. The van der Waals surface area contributed by atoms with Crippen molar-refractivity contribution in [2.75, 3.05) is 13.1 Å². The summed E-state index contributed by atoms with van der Waals surface area (Å²) in [5.74, 6) is -0.225. The van der Waals surface area contributed by atoms with Gasteiger partial charge in [-0.25, -0.2) is 9.78 Å². The molecule has 0 bridgehead atoms. The number of hydrogen-bond acceptors (Lipinski definition) is 4. The Kier molecular flexibility index (Phi) is 7.02. The molecule has 1 aromatic carbocycles. The predicted molar refractivity (Wildman–Crippen MR) is 95.5 cm³/mol. The Hall–Kier alpha value is -2.12. The Balaban J connectivity index is 1.77. The van der Waals surface area contributed by atoms with Crippen LogP contribution >= 0.6 is 22.9 Å². The maximum atomic E-state index is 12.1. The quantitative estimate of drug-likeness (QED) is 0.704. The molecule has 128 valence electrons. The third-order valence-corrected chi connectivity index (χ3v) is 4.19. The van der Waals surface area contributed by atoms with Crippen LogP contribution < -0.4 is 16.0 Å². The van der Waals surface area contributed by atoms with Crippen molar-refractivity contribution in [1.82, 2.24) is 20.9 Å². The van der Waals surface area contributed by atoms with Crippen LogP contribution in [0.4, 0.5) is 4.79 Å². The van der Waals surface area contributed by atoms with E-state index in [1.165, 1.54) is 11.3 Å². The second-order valence-corrected chi connectivity index (χ2v) is 6.35. The molecule has 1 aromatic heterocycles. The molecule has 0 aliphatic heterocycles. The van der Waals surface area contributed by atoms with Crippen molar-refractivity contribution in [2.24, 2.45) is 0 Å². The average molecular weight is 367 g/mol. The SMILES string of the molecule is CCNC(=O)NCc1nc(C(=O)NCCc2cccc(Cl)c2)cs1. The Morgan fingerprint density at radius 3 is 2.83 bits per heavy atom. The third-order valence-electron chi connectivity index (χ3n) is 3.11. The van der Waals surface area contributed by atoms with Gasteiger partial charge < -0.3 is 16.0 Å². The lowest BCUT2D eigenvalue weighted by atomic mass is 10.1. The molecule has 6 nitrogen and oxygen atoms in total. The average Bonchev–Trinajstić information content (AvgIpc) is 3.02. The fraction of sp³-hybridized carbons (Fsp3) is 0.312. The molecule has 3 N–H and O–H groups in total. The monoisotopic (exact) mass is 366 g/mol. The summed E-state index contributed by atoms with van der Waals surface area (Å²) in [5, 5.41) is 11.2. The van der Waals surface area contributed by atoms with E-state index in [-0.39, 0.29) is 11.9 Å².